The Morgan fingerprint density at radius 1 is 0.882 bits per heavy atom. The van der Waals surface area contributed by atoms with Gasteiger partial charge in [-0.3, -0.25) is 14.4 Å². The molecule has 3 aromatic carbocycles. The first kappa shape index (κ1) is 24.0. The van der Waals surface area contributed by atoms with Gasteiger partial charge in [0.1, 0.15) is 0 Å². The lowest BCUT2D eigenvalue weighted by atomic mass is 10.2. The molecule has 0 aliphatic carbocycles. The summed E-state index contributed by atoms with van der Waals surface area (Å²) in [4.78, 5) is 36.1. The number of nitrogens with one attached hydrogen (secondary N) is 3. The monoisotopic (exact) mass is 460 g/mol. The molecule has 0 aliphatic heterocycles. The van der Waals surface area contributed by atoms with Gasteiger partial charge in [0, 0.05) is 11.4 Å². The Kier molecular flexibility index (Phi) is 8.34. The zero-order chi connectivity index (χ0) is 24.3. The molecule has 9 heteroatoms. The number of methoxy groups -OCH3 is 1. The number of carbonyl (C=O) groups is 3. The number of nitrogens with zero attached hydrogens (tertiary/aromatic N) is 1. The van der Waals surface area contributed by atoms with Crippen molar-refractivity contribution >= 4 is 35.3 Å². The smallest absolute Gasteiger partial charge is 0.329 e. The van der Waals surface area contributed by atoms with E-state index in [4.69, 9.17) is 9.47 Å². The van der Waals surface area contributed by atoms with E-state index in [-0.39, 0.29) is 12.5 Å². The molecule has 174 valence electrons. The molecule has 0 saturated carbocycles. The highest BCUT2D eigenvalue weighted by atomic mass is 16.5. The van der Waals surface area contributed by atoms with Crippen LogP contribution < -0.4 is 25.5 Å². The van der Waals surface area contributed by atoms with Crippen LogP contribution in [0.15, 0.2) is 77.9 Å². The highest BCUT2D eigenvalue weighted by Gasteiger charge is 2.14. The number of ether oxygens (including phenoxy) is 2. The van der Waals surface area contributed by atoms with Gasteiger partial charge in [0.25, 0.3) is 5.91 Å². The van der Waals surface area contributed by atoms with Crippen molar-refractivity contribution in [3.05, 3.63) is 83.9 Å². The van der Waals surface area contributed by atoms with Gasteiger partial charge in [-0.25, -0.2) is 5.43 Å². The zero-order valence-corrected chi connectivity index (χ0v) is 18.7. The van der Waals surface area contributed by atoms with E-state index >= 15 is 0 Å². The average molecular weight is 460 g/mol. The highest BCUT2D eigenvalue weighted by Crippen LogP contribution is 2.27. The predicted molar refractivity (Wildman–Crippen MR) is 129 cm³/mol. The van der Waals surface area contributed by atoms with Crippen molar-refractivity contribution in [2.45, 2.75) is 6.92 Å². The number of aryl methyl sites for hydroxylation is 1. The van der Waals surface area contributed by atoms with Gasteiger partial charge in [0.15, 0.2) is 18.1 Å². The van der Waals surface area contributed by atoms with Crippen molar-refractivity contribution in [3.63, 3.8) is 0 Å². The molecule has 0 heterocycles. The number of carbonyl (C=O) groups excluding carboxylic acids is 3. The van der Waals surface area contributed by atoms with E-state index in [1.165, 1.54) is 13.3 Å². The fraction of sp³-hybridized carbons (Fsp3) is 0.120. The van der Waals surface area contributed by atoms with Crippen molar-refractivity contribution in [2.75, 3.05) is 24.4 Å². The van der Waals surface area contributed by atoms with Gasteiger partial charge in [-0.05, 0) is 54.4 Å². The minimum absolute atomic E-state index is 0.204. The molecule has 9 nitrogen and oxygen atoms in total. The fourth-order valence-corrected chi connectivity index (χ4v) is 2.85. The van der Waals surface area contributed by atoms with Crippen molar-refractivity contribution in [3.8, 4) is 11.5 Å². The van der Waals surface area contributed by atoms with Crippen LogP contribution in [-0.4, -0.2) is 37.7 Å². The third-order valence-corrected chi connectivity index (χ3v) is 4.58. The van der Waals surface area contributed by atoms with Crippen molar-refractivity contribution in [1.29, 1.82) is 0 Å². The maximum absolute atomic E-state index is 12.1. The summed E-state index contributed by atoms with van der Waals surface area (Å²) in [7, 11) is 1.46. The average Bonchev–Trinajstić information content (AvgIpc) is 2.85. The van der Waals surface area contributed by atoms with Gasteiger partial charge < -0.3 is 20.1 Å². The number of hydrazone groups is 1. The van der Waals surface area contributed by atoms with E-state index in [0.29, 0.717) is 28.4 Å². The zero-order valence-electron chi connectivity index (χ0n) is 18.7. The second-order valence-electron chi connectivity index (χ2n) is 7.08. The Morgan fingerprint density at radius 2 is 1.62 bits per heavy atom. The molecular formula is C25H24N4O5. The maximum Gasteiger partial charge on any atom is 0.329 e. The normalized spacial score (nSPS) is 10.4. The standard InChI is InChI=1S/C25H24N4O5/c1-17-8-6-7-11-20(17)28-24(31)25(32)29-26-15-18-12-13-21(22(14-18)33-2)34-16-23(30)27-19-9-4-3-5-10-19/h3-15H,16H2,1-2H3,(H,27,30)(H,28,31)(H,29,32)/b26-15-. The molecule has 3 rings (SSSR count). The van der Waals surface area contributed by atoms with Crippen LogP contribution in [0.5, 0.6) is 11.5 Å². The summed E-state index contributed by atoms with van der Waals surface area (Å²) in [6, 6.07) is 21.1. The van der Waals surface area contributed by atoms with Crippen LogP contribution in [0.25, 0.3) is 0 Å². The molecule has 3 aromatic rings. The summed E-state index contributed by atoms with van der Waals surface area (Å²) in [5, 5.41) is 9.06. The highest BCUT2D eigenvalue weighted by molar-refractivity contribution is 6.39. The van der Waals surface area contributed by atoms with Crippen LogP contribution >= 0.6 is 0 Å². The van der Waals surface area contributed by atoms with Gasteiger partial charge in [0.2, 0.25) is 0 Å². The van der Waals surface area contributed by atoms with Crippen LogP contribution in [0.3, 0.4) is 0 Å². The molecule has 0 fully saturated rings. The number of anilines is 2. The van der Waals surface area contributed by atoms with Crippen molar-refractivity contribution < 1.29 is 23.9 Å². The minimum atomic E-state index is -0.907. The van der Waals surface area contributed by atoms with E-state index in [2.05, 4.69) is 21.2 Å². The quantitative estimate of drug-likeness (QED) is 0.271. The van der Waals surface area contributed by atoms with Crippen LogP contribution in [0.4, 0.5) is 11.4 Å². The molecule has 3 amide bonds. The lowest BCUT2D eigenvalue weighted by molar-refractivity contribution is -0.136. The second-order valence-corrected chi connectivity index (χ2v) is 7.08. The van der Waals surface area contributed by atoms with Crippen LogP contribution in [0.1, 0.15) is 11.1 Å². The molecule has 0 bridgehead atoms. The molecule has 0 unspecified atom stereocenters. The van der Waals surface area contributed by atoms with E-state index < -0.39 is 11.8 Å². The van der Waals surface area contributed by atoms with Gasteiger partial charge in [-0.2, -0.15) is 5.10 Å². The Balaban J connectivity index is 1.53. The summed E-state index contributed by atoms with van der Waals surface area (Å²) >= 11 is 0. The van der Waals surface area contributed by atoms with Crippen LogP contribution in [-0.2, 0) is 14.4 Å². The largest absolute Gasteiger partial charge is 0.493 e. The summed E-state index contributed by atoms with van der Waals surface area (Å²) in [5.41, 5.74) is 4.81. The molecule has 0 saturated heterocycles. The molecule has 34 heavy (non-hydrogen) atoms. The Bertz CT molecular complexity index is 1190. The first-order valence-corrected chi connectivity index (χ1v) is 10.3. The third-order valence-electron chi connectivity index (χ3n) is 4.58. The van der Waals surface area contributed by atoms with E-state index in [1.807, 2.05) is 37.3 Å². The van der Waals surface area contributed by atoms with Gasteiger partial charge >= 0.3 is 11.8 Å². The molecular weight excluding hydrogens is 436 g/mol. The minimum Gasteiger partial charge on any atom is -0.493 e. The number of hydrogen-bond acceptors (Lipinski definition) is 6. The Morgan fingerprint density at radius 3 is 2.35 bits per heavy atom. The molecule has 0 spiro atoms. The number of benzene rings is 3. The number of rotatable bonds is 8. The van der Waals surface area contributed by atoms with Gasteiger partial charge in [-0.15, -0.1) is 0 Å². The number of amides is 3. The maximum atomic E-state index is 12.1. The second kappa shape index (κ2) is 11.8. The third kappa shape index (κ3) is 6.92. The summed E-state index contributed by atoms with van der Waals surface area (Å²) < 4.78 is 10.9. The lowest BCUT2D eigenvalue weighted by Crippen LogP contribution is -2.32. The molecule has 0 aliphatic rings. The first-order chi connectivity index (χ1) is 16.5. The predicted octanol–water partition coefficient (Wildman–Crippen LogP) is 3.11. The number of hydrogen-bond donors (Lipinski definition) is 3. The lowest BCUT2D eigenvalue weighted by Gasteiger charge is -2.11. The molecule has 0 atom stereocenters. The topological polar surface area (TPSA) is 118 Å². The summed E-state index contributed by atoms with van der Waals surface area (Å²) in [6.45, 7) is 1.62. The summed E-state index contributed by atoms with van der Waals surface area (Å²) in [6.07, 6.45) is 1.35. The fourth-order valence-electron chi connectivity index (χ4n) is 2.85. The molecule has 3 N–H and O–H groups in total. The van der Waals surface area contributed by atoms with Crippen LogP contribution in [0.2, 0.25) is 0 Å². The van der Waals surface area contributed by atoms with E-state index in [1.54, 1.807) is 42.5 Å². The van der Waals surface area contributed by atoms with Gasteiger partial charge in [-0.1, -0.05) is 36.4 Å². The van der Waals surface area contributed by atoms with Crippen molar-refractivity contribution in [1.82, 2.24) is 5.43 Å². The number of para-hydroxylation sites is 2. The van der Waals surface area contributed by atoms with E-state index in [0.717, 1.165) is 5.56 Å². The molecule has 0 radical (unpaired) electrons. The first-order valence-electron chi connectivity index (χ1n) is 10.3. The SMILES string of the molecule is COc1cc(/C=N\NC(=O)C(=O)Nc2ccccc2C)ccc1OCC(=O)Nc1ccccc1. The van der Waals surface area contributed by atoms with Crippen LogP contribution in [0, 0.1) is 6.92 Å². The molecule has 0 aromatic heterocycles. The Hall–Kier alpha value is -4.66. The van der Waals surface area contributed by atoms with Gasteiger partial charge in [0.05, 0.1) is 13.3 Å². The van der Waals surface area contributed by atoms with Crippen molar-refractivity contribution in [2.24, 2.45) is 5.10 Å². The summed E-state index contributed by atoms with van der Waals surface area (Å²) in [5.74, 6) is -1.31. The Labute approximate surface area is 196 Å². The van der Waals surface area contributed by atoms with E-state index in [9.17, 15) is 14.4 Å².